The average molecular weight is 244 g/mol. The summed E-state index contributed by atoms with van der Waals surface area (Å²) < 4.78 is 5.28. The molecule has 0 aliphatic rings. The molecule has 0 saturated carbocycles. The van der Waals surface area contributed by atoms with E-state index in [0.717, 1.165) is 0 Å². The Balaban J connectivity index is 4.99. The van der Waals surface area contributed by atoms with Crippen molar-refractivity contribution in [3.63, 3.8) is 0 Å². The summed E-state index contributed by atoms with van der Waals surface area (Å²) in [7, 11) is 0. The zero-order valence-corrected chi connectivity index (χ0v) is 11.7. The van der Waals surface area contributed by atoms with Crippen molar-refractivity contribution in [2.75, 3.05) is 0 Å². The molecule has 1 atom stereocenters. The van der Waals surface area contributed by atoms with Crippen LogP contribution in [-0.4, -0.2) is 22.6 Å². The second-order valence-corrected chi connectivity index (χ2v) is 5.65. The second-order valence-electron chi connectivity index (χ2n) is 5.65. The fourth-order valence-electron chi connectivity index (χ4n) is 1.36. The number of hydrogen-bond acceptors (Lipinski definition) is 3. The van der Waals surface area contributed by atoms with Crippen molar-refractivity contribution >= 4 is 11.9 Å². The van der Waals surface area contributed by atoms with Gasteiger partial charge < -0.3 is 9.84 Å². The second kappa shape index (κ2) is 5.52. The molecule has 1 unspecified atom stereocenters. The first-order chi connectivity index (χ1) is 7.57. The van der Waals surface area contributed by atoms with E-state index in [4.69, 9.17) is 4.74 Å². The minimum absolute atomic E-state index is 0.603. The van der Waals surface area contributed by atoms with E-state index in [-0.39, 0.29) is 0 Å². The largest absolute Gasteiger partial charge is 0.481 e. The summed E-state index contributed by atoms with van der Waals surface area (Å²) in [6.45, 7) is 10.9. The number of carboxylic acids is 1. The van der Waals surface area contributed by atoms with Crippen LogP contribution in [0.4, 0.5) is 0 Å². The first-order valence-corrected chi connectivity index (χ1v) is 6.03. The Morgan fingerprint density at radius 1 is 1.12 bits per heavy atom. The lowest BCUT2D eigenvalue weighted by Crippen LogP contribution is -2.41. The number of rotatable bonds is 6. The number of carbonyl (C=O) groups is 2. The molecule has 0 amide bonds. The summed E-state index contributed by atoms with van der Waals surface area (Å²) in [5.74, 6) is -2.87. The van der Waals surface area contributed by atoms with Crippen LogP contribution < -0.4 is 0 Å². The third kappa shape index (κ3) is 4.36. The van der Waals surface area contributed by atoms with Gasteiger partial charge in [0.1, 0.15) is 5.60 Å². The predicted octanol–water partition coefficient (Wildman–Crippen LogP) is 2.86. The first kappa shape index (κ1) is 15.9. The van der Waals surface area contributed by atoms with Crippen molar-refractivity contribution < 1.29 is 19.4 Å². The zero-order chi connectivity index (χ0) is 13.9. The molecule has 0 heterocycles. The Bertz CT molecular complexity index is 292. The molecule has 0 bridgehead atoms. The fourth-order valence-corrected chi connectivity index (χ4v) is 1.36. The van der Waals surface area contributed by atoms with Crippen LogP contribution >= 0.6 is 0 Å². The molecular weight excluding hydrogens is 220 g/mol. The zero-order valence-electron chi connectivity index (χ0n) is 11.7. The van der Waals surface area contributed by atoms with Crippen LogP contribution in [0.25, 0.3) is 0 Å². The third-order valence-corrected chi connectivity index (χ3v) is 3.40. The highest BCUT2D eigenvalue weighted by atomic mass is 16.6. The van der Waals surface area contributed by atoms with E-state index >= 15 is 0 Å². The van der Waals surface area contributed by atoms with Crippen molar-refractivity contribution in [3.05, 3.63) is 0 Å². The number of carboxylic acid groups (broad SMARTS) is 1. The molecule has 4 nitrogen and oxygen atoms in total. The molecule has 0 aromatic rings. The summed E-state index contributed by atoms with van der Waals surface area (Å²) in [5.41, 5.74) is -1.22. The molecule has 0 rings (SSSR count). The predicted molar refractivity (Wildman–Crippen MR) is 65.7 cm³/mol. The number of ether oxygens (including phenoxy) is 1. The minimum atomic E-state index is -1.12. The topological polar surface area (TPSA) is 63.6 Å². The van der Waals surface area contributed by atoms with Gasteiger partial charge in [-0.1, -0.05) is 27.7 Å². The minimum Gasteiger partial charge on any atom is -0.481 e. The Labute approximate surface area is 103 Å². The van der Waals surface area contributed by atoms with Crippen LogP contribution in [-0.2, 0) is 14.3 Å². The first-order valence-electron chi connectivity index (χ1n) is 6.03. The van der Waals surface area contributed by atoms with Crippen molar-refractivity contribution in [1.82, 2.24) is 0 Å². The highest BCUT2D eigenvalue weighted by Gasteiger charge is 2.42. The maximum Gasteiger partial charge on any atom is 0.321 e. The quantitative estimate of drug-likeness (QED) is 0.576. The molecule has 1 N–H and O–H groups in total. The van der Waals surface area contributed by atoms with Gasteiger partial charge in [0.15, 0.2) is 5.92 Å². The van der Waals surface area contributed by atoms with Crippen molar-refractivity contribution in [3.8, 4) is 0 Å². The van der Waals surface area contributed by atoms with Gasteiger partial charge in [0.05, 0.1) is 0 Å². The maximum absolute atomic E-state index is 12.0. The summed E-state index contributed by atoms with van der Waals surface area (Å²) in [4.78, 5) is 23.2. The maximum atomic E-state index is 12.0. The van der Waals surface area contributed by atoms with Gasteiger partial charge >= 0.3 is 11.9 Å². The van der Waals surface area contributed by atoms with E-state index in [9.17, 15) is 14.7 Å². The lowest BCUT2D eigenvalue weighted by molar-refractivity contribution is -0.173. The molecular formula is C13H24O4. The monoisotopic (exact) mass is 244 g/mol. The van der Waals surface area contributed by atoms with E-state index in [0.29, 0.717) is 12.8 Å². The van der Waals surface area contributed by atoms with Crippen molar-refractivity contribution in [1.29, 1.82) is 0 Å². The van der Waals surface area contributed by atoms with Crippen LogP contribution in [0.15, 0.2) is 0 Å². The Morgan fingerprint density at radius 2 is 1.59 bits per heavy atom. The van der Waals surface area contributed by atoms with Gasteiger partial charge in [-0.05, 0) is 32.1 Å². The molecule has 0 aliphatic carbocycles. The summed E-state index contributed by atoms with van der Waals surface area (Å²) >= 11 is 0. The Morgan fingerprint density at radius 3 is 1.88 bits per heavy atom. The van der Waals surface area contributed by atoms with Gasteiger partial charge in [-0.3, -0.25) is 9.59 Å². The fraction of sp³-hybridized carbons (Fsp3) is 0.846. The van der Waals surface area contributed by atoms with Crippen molar-refractivity contribution in [2.45, 2.75) is 60.0 Å². The lowest BCUT2D eigenvalue weighted by atomic mass is 9.76. The summed E-state index contributed by atoms with van der Waals surface area (Å²) in [6, 6.07) is 0. The highest BCUT2D eigenvalue weighted by molar-refractivity contribution is 5.95. The number of esters is 1. The highest BCUT2D eigenvalue weighted by Crippen LogP contribution is 2.33. The molecule has 0 aromatic heterocycles. The van der Waals surface area contributed by atoms with E-state index in [1.807, 2.05) is 13.8 Å². The van der Waals surface area contributed by atoms with Gasteiger partial charge in [0, 0.05) is 0 Å². The Hall–Kier alpha value is -1.06. The normalized spacial score (nSPS) is 14.2. The van der Waals surface area contributed by atoms with Crippen molar-refractivity contribution in [2.24, 2.45) is 11.3 Å². The summed E-state index contributed by atoms with van der Waals surface area (Å²) in [5, 5.41) is 9.18. The van der Waals surface area contributed by atoms with E-state index in [1.54, 1.807) is 27.7 Å². The van der Waals surface area contributed by atoms with E-state index in [1.165, 1.54) is 0 Å². The number of hydrogen-bond donors (Lipinski definition) is 1. The number of carbonyl (C=O) groups excluding carboxylic acids is 1. The van der Waals surface area contributed by atoms with E-state index < -0.39 is 28.9 Å². The van der Waals surface area contributed by atoms with Crippen LogP contribution in [0.2, 0.25) is 0 Å². The van der Waals surface area contributed by atoms with Gasteiger partial charge in [0.25, 0.3) is 0 Å². The molecule has 4 heteroatoms. The van der Waals surface area contributed by atoms with Crippen LogP contribution in [0.1, 0.15) is 54.4 Å². The SMILES string of the molecule is CCC(C)(C)OC(=O)C(C(=O)O)C(C)(C)CC. The number of aliphatic carboxylic acids is 1. The molecule has 0 fully saturated rings. The van der Waals surface area contributed by atoms with Crippen LogP contribution in [0.5, 0.6) is 0 Å². The van der Waals surface area contributed by atoms with E-state index in [2.05, 4.69) is 0 Å². The molecule has 100 valence electrons. The molecule has 17 heavy (non-hydrogen) atoms. The van der Waals surface area contributed by atoms with Gasteiger partial charge in [-0.2, -0.15) is 0 Å². The van der Waals surface area contributed by atoms with Crippen LogP contribution in [0, 0.1) is 11.3 Å². The smallest absolute Gasteiger partial charge is 0.321 e. The molecule has 0 aliphatic heterocycles. The Kier molecular flexibility index (Phi) is 5.17. The van der Waals surface area contributed by atoms with Gasteiger partial charge in [0.2, 0.25) is 0 Å². The molecule has 0 spiro atoms. The summed E-state index contributed by atoms with van der Waals surface area (Å²) in [6.07, 6.45) is 1.25. The van der Waals surface area contributed by atoms with Crippen LogP contribution in [0.3, 0.4) is 0 Å². The molecule has 0 radical (unpaired) electrons. The average Bonchev–Trinajstić information content (AvgIpc) is 2.15. The van der Waals surface area contributed by atoms with Gasteiger partial charge in [-0.15, -0.1) is 0 Å². The third-order valence-electron chi connectivity index (χ3n) is 3.40. The molecule has 0 aromatic carbocycles. The standard InChI is InChI=1S/C13H24O4/c1-7-12(3,4)9(10(14)15)11(16)17-13(5,6)8-2/h9H,7-8H2,1-6H3,(H,14,15). The van der Waals surface area contributed by atoms with Gasteiger partial charge in [-0.25, -0.2) is 0 Å². The molecule has 0 saturated heterocycles. The lowest BCUT2D eigenvalue weighted by Gasteiger charge is -2.32.